The number of nitrogens with zero attached hydrogens (tertiary/aromatic N) is 4. The van der Waals surface area contributed by atoms with E-state index in [-0.39, 0.29) is 12.5 Å². The van der Waals surface area contributed by atoms with Crippen LogP contribution < -0.4 is 20.1 Å². The molecule has 1 amide bonds. The van der Waals surface area contributed by atoms with E-state index in [0.717, 1.165) is 22.6 Å². The van der Waals surface area contributed by atoms with Gasteiger partial charge in [-0.15, -0.1) is 10.2 Å². The Morgan fingerprint density at radius 2 is 1.62 bits per heavy atom. The molecular weight excluding hydrogens is 432 g/mol. The summed E-state index contributed by atoms with van der Waals surface area (Å²) in [6, 6.07) is 18.2. The summed E-state index contributed by atoms with van der Waals surface area (Å²) in [5.74, 6) is 2.08. The summed E-state index contributed by atoms with van der Waals surface area (Å²) < 4.78 is 12.6. The van der Waals surface area contributed by atoms with E-state index in [4.69, 9.17) is 9.47 Å². The minimum atomic E-state index is -0.271. The molecule has 0 saturated heterocycles. The van der Waals surface area contributed by atoms with Gasteiger partial charge < -0.3 is 20.1 Å². The molecule has 0 aliphatic carbocycles. The van der Waals surface area contributed by atoms with Crippen LogP contribution in [0.3, 0.4) is 0 Å². The standard InChI is InChI=1S/C25H26N6O3/c1-16-17(2)30-31(18(16)3)24-14-13-23(28-29-24)26-19-9-11-20(12-10-19)27-25(32)15-34-22-8-6-5-7-21(22)33-4/h5-14H,15H2,1-4H3,(H,26,28)(H,27,32). The number of carbonyl (C=O) groups is 1. The quantitative estimate of drug-likeness (QED) is 0.404. The van der Waals surface area contributed by atoms with Crippen LogP contribution in [0.4, 0.5) is 17.2 Å². The van der Waals surface area contributed by atoms with Crippen molar-refractivity contribution >= 4 is 23.1 Å². The molecule has 2 aromatic heterocycles. The molecular formula is C25H26N6O3. The van der Waals surface area contributed by atoms with Crippen molar-refractivity contribution in [2.45, 2.75) is 20.8 Å². The fraction of sp³-hybridized carbons (Fsp3) is 0.200. The first kappa shape index (κ1) is 22.8. The van der Waals surface area contributed by atoms with Crippen LogP contribution in [0, 0.1) is 20.8 Å². The lowest BCUT2D eigenvalue weighted by molar-refractivity contribution is -0.118. The van der Waals surface area contributed by atoms with E-state index in [2.05, 4.69) is 25.9 Å². The Kier molecular flexibility index (Phi) is 6.72. The predicted molar refractivity (Wildman–Crippen MR) is 130 cm³/mol. The Labute approximate surface area is 197 Å². The van der Waals surface area contributed by atoms with Gasteiger partial charge in [0.1, 0.15) is 0 Å². The van der Waals surface area contributed by atoms with Crippen molar-refractivity contribution in [2.75, 3.05) is 24.4 Å². The van der Waals surface area contributed by atoms with Crippen molar-refractivity contribution in [3.63, 3.8) is 0 Å². The molecule has 0 spiro atoms. The van der Waals surface area contributed by atoms with Gasteiger partial charge in [-0.3, -0.25) is 4.79 Å². The maximum Gasteiger partial charge on any atom is 0.262 e. The van der Waals surface area contributed by atoms with Crippen molar-refractivity contribution in [3.8, 4) is 17.3 Å². The highest BCUT2D eigenvalue weighted by Crippen LogP contribution is 2.25. The average molecular weight is 459 g/mol. The van der Waals surface area contributed by atoms with Crippen molar-refractivity contribution in [3.05, 3.63) is 77.6 Å². The van der Waals surface area contributed by atoms with E-state index in [1.54, 1.807) is 36.1 Å². The highest BCUT2D eigenvalue weighted by atomic mass is 16.5. The molecule has 2 aromatic carbocycles. The number of ether oxygens (including phenoxy) is 2. The van der Waals surface area contributed by atoms with Crippen LogP contribution in [0.15, 0.2) is 60.7 Å². The monoisotopic (exact) mass is 458 g/mol. The number of carbonyl (C=O) groups excluding carboxylic acids is 1. The summed E-state index contributed by atoms with van der Waals surface area (Å²) in [5, 5.41) is 19.1. The molecule has 9 nitrogen and oxygen atoms in total. The zero-order chi connectivity index (χ0) is 24.1. The van der Waals surface area contributed by atoms with E-state index in [9.17, 15) is 4.79 Å². The van der Waals surface area contributed by atoms with Gasteiger partial charge in [0.05, 0.1) is 12.8 Å². The van der Waals surface area contributed by atoms with E-state index in [1.807, 2.05) is 57.2 Å². The van der Waals surface area contributed by atoms with Gasteiger partial charge in [0, 0.05) is 17.1 Å². The second-order valence-electron chi connectivity index (χ2n) is 7.67. The zero-order valence-corrected chi connectivity index (χ0v) is 19.5. The second kappa shape index (κ2) is 10.0. The normalized spacial score (nSPS) is 10.6. The number of anilines is 3. The molecule has 0 saturated carbocycles. The molecule has 0 aliphatic heterocycles. The number of hydrogen-bond donors (Lipinski definition) is 2. The molecule has 174 valence electrons. The topological polar surface area (TPSA) is 103 Å². The Morgan fingerprint density at radius 3 is 2.24 bits per heavy atom. The van der Waals surface area contributed by atoms with Crippen LogP contribution in [-0.2, 0) is 4.79 Å². The number of benzene rings is 2. The highest BCUT2D eigenvalue weighted by Gasteiger charge is 2.11. The van der Waals surface area contributed by atoms with Gasteiger partial charge >= 0.3 is 0 Å². The van der Waals surface area contributed by atoms with Gasteiger partial charge in [0.15, 0.2) is 29.7 Å². The van der Waals surface area contributed by atoms with Gasteiger partial charge in [0.2, 0.25) is 0 Å². The number of aryl methyl sites for hydroxylation is 1. The fourth-order valence-corrected chi connectivity index (χ4v) is 3.31. The van der Waals surface area contributed by atoms with Crippen LogP contribution in [-0.4, -0.2) is 39.6 Å². The van der Waals surface area contributed by atoms with Crippen LogP contribution in [0.1, 0.15) is 17.0 Å². The molecule has 0 fully saturated rings. The first-order valence-electron chi connectivity index (χ1n) is 10.7. The smallest absolute Gasteiger partial charge is 0.262 e. The van der Waals surface area contributed by atoms with Gasteiger partial charge in [-0.25, -0.2) is 4.68 Å². The van der Waals surface area contributed by atoms with Crippen molar-refractivity contribution in [1.29, 1.82) is 0 Å². The molecule has 2 N–H and O–H groups in total. The van der Waals surface area contributed by atoms with Gasteiger partial charge in [-0.05, 0) is 74.9 Å². The van der Waals surface area contributed by atoms with Crippen LogP contribution in [0.5, 0.6) is 11.5 Å². The summed E-state index contributed by atoms with van der Waals surface area (Å²) in [6.07, 6.45) is 0. The minimum Gasteiger partial charge on any atom is -0.493 e. The first-order chi connectivity index (χ1) is 16.4. The minimum absolute atomic E-state index is 0.128. The Balaban J connectivity index is 1.33. The molecule has 2 heterocycles. The Hall–Kier alpha value is -4.40. The summed E-state index contributed by atoms with van der Waals surface area (Å²) in [6.45, 7) is 5.89. The van der Waals surface area contributed by atoms with E-state index in [1.165, 1.54) is 0 Å². The molecule has 34 heavy (non-hydrogen) atoms. The lowest BCUT2D eigenvalue weighted by Gasteiger charge is -2.11. The highest BCUT2D eigenvalue weighted by molar-refractivity contribution is 5.92. The fourth-order valence-electron chi connectivity index (χ4n) is 3.31. The summed E-state index contributed by atoms with van der Waals surface area (Å²) in [5.41, 5.74) is 4.62. The van der Waals surface area contributed by atoms with Crippen LogP contribution >= 0.6 is 0 Å². The SMILES string of the molecule is COc1ccccc1OCC(=O)Nc1ccc(Nc2ccc(-n3nc(C)c(C)c3C)nn2)cc1. The van der Waals surface area contributed by atoms with Crippen LogP contribution in [0.2, 0.25) is 0 Å². The number of amides is 1. The number of aromatic nitrogens is 4. The van der Waals surface area contributed by atoms with E-state index in [0.29, 0.717) is 28.8 Å². The summed E-state index contributed by atoms with van der Waals surface area (Å²) in [7, 11) is 1.56. The van der Waals surface area contributed by atoms with E-state index < -0.39 is 0 Å². The zero-order valence-electron chi connectivity index (χ0n) is 19.5. The Morgan fingerprint density at radius 1 is 0.912 bits per heavy atom. The molecule has 0 atom stereocenters. The maximum absolute atomic E-state index is 12.2. The molecule has 0 unspecified atom stereocenters. The lowest BCUT2D eigenvalue weighted by atomic mass is 10.2. The van der Waals surface area contributed by atoms with Crippen molar-refractivity contribution in [1.82, 2.24) is 20.0 Å². The molecule has 0 radical (unpaired) electrons. The lowest BCUT2D eigenvalue weighted by Crippen LogP contribution is -2.20. The third-order valence-electron chi connectivity index (χ3n) is 5.39. The van der Waals surface area contributed by atoms with Crippen LogP contribution in [0.25, 0.3) is 5.82 Å². The molecule has 9 heteroatoms. The first-order valence-corrected chi connectivity index (χ1v) is 10.7. The van der Waals surface area contributed by atoms with E-state index >= 15 is 0 Å². The van der Waals surface area contributed by atoms with Gasteiger partial charge in [-0.1, -0.05) is 12.1 Å². The summed E-state index contributed by atoms with van der Waals surface area (Å²) in [4.78, 5) is 12.2. The number of rotatable bonds is 8. The predicted octanol–water partition coefficient (Wildman–Crippen LogP) is 4.36. The second-order valence-corrected chi connectivity index (χ2v) is 7.67. The third kappa shape index (κ3) is 5.15. The number of methoxy groups -OCH3 is 1. The number of nitrogens with one attached hydrogen (secondary N) is 2. The molecule has 0 aliphatic rings. The maximum atomic E-state index is 12.2. The summed E-state index contributed by atoms with van der Waals surface area (Å²) >= 11 is 0. The third-order valence-corrected chi connectivity index (χ3v) is 5.39. The molecule has 4 rings (SSSR count). The van der Waals surface area contributed by atoms with Crippen molar-refractivity contribution in [2.24, 2.45) is 0 Å². The number of hydrogen-bond acceptors (Lipinski definition) is 7. The van der Waals surface area contributed by atoms with Crippen molar-refractivity contribution < 1.29 is 14.3 Å². The molecule has 0 bridgehead atoms. The van der Waals surface area contributed by atoms with Gasteiger partial charge in [-0.2, -0.15) is 5.10 Å². The Bertz CT molecular complexity index is 1280. The average Bonchev–Trinajstić information content (AvgIpc) is 3.12. The molecule has 4 aromatic rings. The number of para-hydroxylation sites is 2. The largest absolute Gasteiger partial charge is 0.493 e. The van der Waals surface area contributed by atoms with Gasteiger partial charge in [0.25, 0.3) is 5.91 Å².